The van der Waals surface area contributed by atoms with Crippen LogP contribution in [0, 0.1) is 13.8 Å². The highest BCUT2D eigenvalue weighted by Crippen LogP contribution is 2.34. The molecule has 63 heavy (non-hydrogen) atoms. The molecule has 6 aromatic rings. The van der Waals surface area contributed by atoms with Gasteiger partial charge in [-0.1, -0.05) is 50.2 Å². The fraction of sp³-hybridized carbons (Fsp3) is 0.412. The molecule has 2 heterocycles. The maximum atomic E-state index is 11.4. The smallest absolute Gasteiger partial charge is 0.305 e. The van der Waals surface area contributed by atoms with Crippen molar-refractivity contribution in [2.75, 3.05) is 7.11 Å². The Morgan fingerprint density at radius 3 is 1.46 bits per heavy atom. The molecule has 2 aliphatic carbocycles. The molecule has 0 radical (unpaired) electrons. The van der Waals surface area contributed by atoms with Gasteiger partial charge in [-0.25, -0.2) is 0 Å². The van der Waals surface area contributed by atoms with Gasteiger partial charge < -0.3 is 38.8 Å². The van der Waals surface area contributed by atoms with E-state index in [2.05, 4.69) is 42.0 Å². The van der Waals surface area contributed by atoms with E-state index in [9.17, 15) is 9.59 Å². The van der Waals surface area contributed by atoms with Crippen LogP contribution in [0.25, 0.3) is 21.8 Å². The Balaban J connectivity index is 0.000000230. The molecule has 0 spiro atoms. The first-order valence-corrected chi connectivity index (χ1v) is 21.9. The predicted molar refractivity (Wildman–Crippen MR) is 253 cm³/mol. The quantitative estimate of drug-likeness (QED) is 0.0818. The number of esters is 1. The van der Waals surface area contributed by atoms with Crippen molar-refractivity contribution in [2.45, 2.75) is 131 Å². The number of carboxylic acid groups (broad SMARTS) is 1. The summed E-state index contributed by atoms with van der Waals surface area (Å²) in [7, 11) is 1.39. The third-order valence-electron chi connectivity index (χ3n) is 11.4. The maximum absolute atomic E-state index is 11.4. The summed E-state index contributed by atoms with van der Waals surface area (Å²) in [5, 5.41) is 11.8. The van der Waals surface area contributed by atoms with E-state index in [0.717, 1.165) is 104 Å². The number of hydrogen-bond acceptors (Lipinski definition) is 7. The van der Waals surface area contributed by atoms with E-state index in [1.54, 1.807) is 0 Å². The van der Waals surface area contributed by atoms with Crippen LogP contribution in [0.2, 0.25) is 10.0 Å². The highest BCUT2D eigenvalue weighted by Gasteiger charge is 2.19. The van der Waals surface area contributed by atoms with E-state index in [1.807, 2.05) is 54.6 Å². The van der Waals surface area contributed by atoms with Crippen LogP contribution in [0.1, 0.15) is 113 Å². The zero-order chi connectivity index (χ0) is 42.9. The molecular formula is C51H62Cl2N2O8. The molecule has 2 saturated carbocycles. The van der Waals surface area contributed by atoms with Gasteiger partial charge in [0.15, 0.2) is 0 Å². The maximum Gasteiger partial charge on any atom is 0.305 e. The number of rotatable bonds is 16. The number of nitrogens with one attached hydrogen (secondary N) is 2. The van der Waals surface area contributed by atoms with Crippen molar-refractivity contribution in [1.82, 2.24) is 9.97 Å². The van der Waals surface area contributed by atoms with Crippen molar-refractivity contribution in [2.24, 2.45) is 0 Å². The topological polar surface area (TPSA) is 132 Å². The predicted octanol–water partition coefficient (Wildman–Crippen LogP) is 13.5. The second-order valence-electron chi connectivity index (χ2n) is 16.0. The summed E-state index contributed by atoms with van der Waals surface area (Å²) < 4.78 is 29.0. The Morgan fingerprint density at radius 2 is 1.06 bits per heavy atom. The van der Waals surface area contributed by atoms with Crippen LogP contribution in [0.5, 0.6) is 23.0 Å². The van der Waals surface area contributed by atoms with Gasteiger partial charge in [0.25, 0.3) is 0 Å². The molecule has 0 amide bonds. The zero-order valence-electron chi connectivity index (χ0n) is 35.0. The first-order valence-electron chi connectivity index (χ1n) is 21.2. The van der Waals surface area contributed by atoms with Crippen molar-refractivity contribution >= 4 is 56.9 Å². The Hall–Kier alpha value is -5.32. The molecule has 338 valence electrons. The van der Waals surface area contributed by atoms with Gasteiger partial charge in [0.2, 0.25) is 0 Å². The lowest BCUT2D eigenvalue weighted by Gasteiger charge is -2.16. The molecule has 3 N–H and O–H groups in total. The fourth-order valence-electron chi connectivity index (χ4n) is 8.04. The monoisotopic (exact) mass is 900 g/mol. The van der Waals surface area contributed by atoms with E-state index < -0.39 is 5.97 Å². The third-order valence-corrected chi connectivity index (χ3v) is 12.3. The average molecular weight is 902 g/mol. The summed E-state index contributed by atoms with van der Waals surface area (Å²) in [6, 6.07) is 23.9. The molecule has 0 aliphatic heterocycles. The van der Waals surface area contributed by atoms with E-state index >= 15 is 0 Å². The van der Waals surface area contributed by atoms with Gasteiger partial charge in [-0.15, -0.1) is 0 Å². The van der Waals surface area contributed by atoms with Crippen LogP contribution < -0.4 is 18.9 Å². The number of aryl methyl sites for hydroxylation is 4. The Kier molecular flexibility index (Phi) is 17.7. The molecule has 0 unspecified atom stereocenters. The number of carboxylic acids is 1. The van der Waals surface area contributed by atoms with Crippen LogP contribution in [-0.2, 0) is 40.4 Å². The summed E-state index contributed by atoms with van der Waals surface area (Å²) in [5.41, 5.74) is 7.78. The summed E-state index contributed by atoms with van der Waals surface area (Å²) in [4.78, 5) is 28.7. The number of methoxy groups -OCH3 is 1. The van der Waals surface area contributed by atoms with Gasteiger partial charge >= 0.3 is 11.9 Å². The lowest BCUT2D eigenvalue weighted by atomic mass is 10.1. The van der Waals surface area contributed by atoms with Gasteiger partial charge in [0.05, 0.1) is 42.2 Å². The number of hydrogen-bond donors (Lipinski definition) is 3. The van der Waals surface area contributed by atoms with Gasteiger partial charge in [0.1, 0.15) is 36.2 Å². The molecule has 0 bridgehead atoms. The van der Waals surface area contributed by atoms with Crippen molar-refractivity contribution < 1.29 is 38.4 Å². The Labute approximate surface area is 381 Å². The van der Waals surface area contributed by atoms with Crippen LogP contribution in [0.3, 0.4) is 0 Å². The number of halogens is 2. The molecule has 2 aliphatic rings. The van der Waals surface area contributed by atoms with E-state index in [1.165, 1.54) is 32.8 Å². The molecular weight excluding hydrogens is 839 g/mol. The highest BCUT2D eigenvalue weighted by molar-refractivity contribution is 6.37. The molecule has 0 atom stereocenters. The van der Waals surface area contributed by atoms with Gasteiger partial charge in [-0.05, 0) is 161 Å². The third kappa shape index (κ3) is 12.9. The normalized spacial score (nSPS) is 13.8. The summed E-state index contributed by atoms with van der Waals surface area (Å²) in [6.07, 6.45) is 11.5. The van der Waals surface area contributed by atoms with Crippen LogP contribution in [0.15, 0.2) is 72.8 Å². The minimum Gasteiger partial charge on any atom is -0.490 e. The SMILES string of the molecule is C.C.COC(=O)CCc1[nH]c2ccc(OCc3ccc(OC4CCCC4)c(C)c3)cc2c1Cl.Cc1cc(COc2ccc3[nH]c(CCC(=O)O)c(Cl)c3c2)ccc1OC1CCCC1. The van der Waals surface area contributed by atoms with E-state index in [4.69, 9.17) is 52.0 Å². The van der Waals surface area contributed by atoms with E-state index in [-0.39, 0.29) is 33.7 Å². The largest absolute Gasteiger partial charge is 0.490 e. The number of H-pyrrole nitrogens is 2. The number of benzene rings is 4. The van der Waals surface area contributed by atoms with Crippen molar-refractivity contribution in [1.29, 1.82) is 0 Å². The molecule has 4 aromatic carbocycles. The number of ether oxygens (including phenoxy) is 5. The fourth-order valence-corrected chi connectivity index (χ4v) is 8.64. The molecule has 10 nitrogen and oxygen atoms in total. The van der Waals surface area contributed by atoms with Gasteiger partial charge in [-0.3, -0.25) is 9.59 Å². The first kappa shape index (κ1) is 48.7. The summed E-state index contributed by atoms with van der Waals surface area (Å²) in [5.74, 6) is 2.29. The molecule has 8 rings (SSSR count). The van der Waals surface area contributed by atoms with E-state index in [0.29, 0.717) is 48.3 Å². The zero-order valence-corrected chi connectivity index (χ0v) is 36.6. The number of aromatic amines is 2. The van der Waals surface area contributed by atoms with Crippen LogP contribution in [0.4, 0.5) is 0 Å². The second kappa shape index (κ2) is 22.9. The number of fused-ring (bicyclic) bond motifs is 2. The lowest BCUT2D eigenvalue weighted by molar-refractivity contribution is -0.140. The van der Waals surface area contributed by atoms with Gasteiger partial charge in [-0.2, -0.15) is 0 Å². The number of carbonyl (C=O) groups is 2. The lowest BCUT2D eigenvalue weighted by Crippen LogP contribution is -2.11. The molecule has 2 fully saturated rings. The summed E-state index contributed by atoms with van der Waals surface area (Å²) in [6.45, 7) is 5.06. The van der Waals surface area contributed by atoms with Gasteiger partial charge in [0, 0.05) is 33.2 Å². The van der Waals surface area contributed by atoms with Crippen LogP contribution >= 0.6 is 23.2 Å². The number of carbonyl (C=O) groups excluding carboxylic acids is 1. The summed E-state index contributed by atoms with van der Waals surface area (Å²) >= 11 is 13.0. The minimum atomic E-state index is -0.844. The molecule has 0 saturated heterocycles. The Bertz CT molecular complexity index is 2460. The highest BCUT2D eigenvalue weighted by atomic mass is 35.5. The first-order chi connectivity index (χ1) is 29.5. The van der Waals surface area contributed by atoms with Crippen molar-refractivity contribution in [3.63, 3.8) is 0 Å². The number of aliphatic carboxylic acids is 1. The standard InChI is InChI=1S/C25H28ClNO4.C24H26ClNO4.2CH4/c1-16-13-17(7-11-23(16)31-18-5-3-4-6-18)15-30-19-8-9-21-20(14-19)25(26)22(27-21)10-12-24(28)29-2;1-15-12-16(6-10-22(15)30-17-4-2-3-5-17)14-29-18-7-8-20-19(13-18)24(25)21(26-20)9-11-23(27)28;;/h7-9,11,13-14,18,27H,3-6,10,12,15H2,1-2H3;6-8,10,12-13,17,26H,2-5,9,11,14H2,1H3,(H,27,28);2*1H4. The van der Waals surface area contributed by atoms with Crippen molar-refractivity contribution in [3.8, 4) is 23.0 Å². The Morgan fingerprint density at radius 1 is 0.635 bits per heavy atom. The molecule has 2 aromatic heterocycles. The minimum absolute atomic E-state index is 0. The average Bonchev–Trinajstić information content (AvgIpc) is 4.09. The van der Waals surface area contributed by atoms with Crippen molar-refractivity contribution in [3.05, 3.63) is 116 Å². The second-order valence-corrected chi connectivity index (χ2v) is 16.8. The molecule has 12 heteroatoms. The number of aromatic nitrogens is 2. The van der Waals surface area contributed by atoms with Crippen LogP contribution in [-0.4, -0.2) is 46.3 Å².